The molecule has 66 valence electrons. The van der Waals surface area contributed by atoms with Crippen LogP contribution in [0.3, 0.4) is 0 Å². The highest BCUT2D eigenvalue weighted by Gasteiger charge is 2.25. The summed E-state index contributed by atoms with van der Waals surface area (Å²) in [5.74, 6) is 0.226. The number of nitrogens with one attached hydrogen (secondary N) is 1. The summed E-state index contributed by atoms with van der Waals surface area (Å²) in [5.41, 5.74) is 1.14. The van der Waals surface area contributed by atoms with Gasteiger partial charge in [-0.15, -0.1) is 0 Å². The first-order valence-electron chi connectivity index (χ1n) is 4.51. The third-order valence-electron chi connectivity index (χ3n) is 2.35. The average Bonchev–Trinajstić information content (AvgIpc) is 2.47. The van der Waals surface area contributed by atoms with Crippen molar-refractivity contribution in [3.63, 3.8) is 0 Å². The predicted octanol–water partition coefficient (Wildman–Crippen LogP) is 1.84. The van der Waals surface area contributed by atoms with Crippen molar-refractivity contribution in [2.45, 2.75) is 32.2 Å². The number of nitriles is 1. The van der Waals surface area contributed by atoms with Gasteiger partial charge in [-0.05, 0) is 19.8 Å². The van der Waals surface area contributed by atoms with Gasteiger partial charge in [0.2, 0.25) is 0 Å². The molecule has 0 aromatic rings. The molecular weight excluding hydrogens is 148 g/mol. The molecule has 12 heavy (non-hydrogen) atoms. The highest BCUT2D eigenvalue weighted by atomic mass is 14.9. The van der Waals surface area contributed by atoms with Crippen molar-refractivity contribution >= 4 is 0 Å². The molecule has 0 radical (unpaired) electrons. The van der Waals surface area contributed by atoms with E-state index < -0.39 is 0 Å². The first kappa shape index (κ1) is 9.28. The van der Waals surface area contributed by atoms with Gasteiger partial charge in [0, 0.05) is 12.6 Å². The van der Waals surface area contributed by atoms with E-state index in [1.54, 1.807) is 0 Å². The van der Waals surface area contributed by atoms with Gasteiger partial charge in [-0.3, -0.25) is 0 Å². The number of hydrogen-bond acceptors (Lipinski definition) is 2. The third-order valence-corrected chi connectivity index (χ3v) is 2.35. The van der Waals surface area contributed by atoms with E-state index in [9.17, 15) is 0 Å². The SMILES string of the molecule is C=C(C)CNC1CCCC1C#N. The van der Waals surface area contributed by atoms with E-state index in [2.05, 4.69) is 18.0 Å². The Bertz CT molecular complexity index is 202. The summed E-state index contributed by atoms with van der Waals surface area (Å²) in [6.07, 6.45) is 3.39. The monoisotopic (exact) mass is 164 g/mol. The van der Waals surface area contributed by atoms with Crippen LogP contribution in [0.1, 0.15) is 26.2 Å². The maximum absolute atomic E-state index is 8.79. The molecule has 1 rings (SSSR count). The zero-order chi connectivity index (χ0) is 8.97. The Morgan fingerprint density at radius 2 is 2.42 bits per heavy atom. The second-order valence-electron chi connectivity index (χ2n) is 3.61. The molecule has 2 unspecified atom stereocenters. The molecule has 2 nitrogen and oxygen atoms in total. The van der Waals surface area contributed by atoms with Crippen LogP contribution in [0, 0.1) is 17.2 Å². The van der Waals surface area contributed by atoms with Gasteiger partial charge in [0.05, 0.1) is 12.0 Å². The first-order chi connectivity index (χ1) is 5.74. The van der Waals surface area contributed by atoms with Crippen LogP contribution in [0.5, 0.6) is 0 Å². The fraction of sp³-hybridized carbons (Fsp3) is 0.700. The van der Waals surface area contributed by atoms with Gasteiger partial charge in [0.15, 0.2) is 0 Å². The van der Waals surface area contributed by atoms with Gasteiger partial charge in [-0.2, -0.15) is 5.26 Å². The topological polar surface area (TPSA) is 35.8 Å². The lowest BCUT2D eigenvalue weighted by Crippen LogP contribution is -2.32. The Morgan fingerprint density at radius 3 is 3.00 bits per heavy atom. The molecule has 1 saturated carbocycles. The van der Waals surface area contributed by atoms with Crippen molar-refractivity contribution in [1.82, 2.24) is 5.32 Å². The fourth-order valence-electron chi connectivity index (χ4n) is 1.66. The number of rotatable bonds is 3. The van der Waals surface area contributed by atoms with Crippen LogP contribution in [0.4, 0.5) is 0 Å². The molecule has 1 N–H and O–H groups in total. The standard InChI is InChI=1S/C10H16N2/c1-8(2)7-12-10-5-3-4-9(10)6-11/h9-10,12H,1,3-5,7H2,2H3. The lowest BCUT2D eigenvalue weighted by atomic mass is 10.1. The van der Waals surface area contributed by atoms with Crippen molar-refractivity contribution < 1.29 is 0 Å². The van der Waals surface area contributed by atoms with E-state index in [0.29, 0.717) is 6.04 Å². The minimum Gasteiger partial charge on any atom is -0.309 e. The zero-order valence-electron chi connectivity index (χ0n) is 7.64. The van der Waals surface area contributed by atoms with E-state index >= 15 is 0 Å². The Kier molecular flexibility index (Phi) is 3.31. The Hall–Kier alpha value is -0.810. The molecule has 2 heteroatoms. The van der Waals surface area contributed by atoms with E-state index in [0.717, 1.165) is 25.0 Å². The van der Waals surface area contributed by atoms with Crippen LogP contribution in [0.15, 0.2) is 12.2 Å². The van der Waals surface area contributed by atoms with Gasteiger partial charge in [0.1, 0.15) is 0 Å². The molecule has 0 spiro atoms. The maximum Gasteiger partial charge on any atom is 0.0672 e. The molecular formula is C10H16N2. The molecule has 0 aromatic heterocycles. The molecule has 0 amide bonds. The Labute approximate surface area is 74.3 Å². The van der Waals surface area contributed by atoms with Crippen LogP contribution >= 0.6 is 0 Å². The van der Waals surface area contributed by atoms with Crippen LogP contribution in [-0.4, -0.2) is 12.6 Å². The summed E-state index contributed by atoms with van der Waals surface area (Å²) in [4.78, 5) is 0. The van der Waals surface area contributed by atoms with Gasteiger partial charge in [0.25, 0.3) is 0 Å². The molecule has 2 atom stereocenters. The lowest BCUT2D eigenvalue weighted by Gasteiger charge is -2.14. The number of nitrogens with zero attached hydrogens (tertiary/aromatic N) is 1. The third kappa shape index (κ3) is 2.35. The zero-order valence-corrected chi connectivity index (χ0v) is 7.64. The van der Waals surface area contributed by atoms with Gasteiger partial charge >= 0.3 is 0 Å². The highest BCUT2D eigenvalue weighted by Crippen LogP contribution is 2.24. The van der Waals surface area contributed by atoms with E-state index in [1.165, 1.54) is 6.42 Å². The second-order valence-corrected chi connectivity index (χ2v) is 3.61. The fourth-order valence-corrected chi connectivity index (χ4v) is 1.66. The largest absolute Gasteiger partial charge is 0.309 e. The van der Waals surface area contributed by atoms with Crippen LogP contribution in [-0.2, 0) is 0 Å². The van der Waals surface area contributed by atoms with Crippen molar-refractivity contribution in [1.29, 1.82) is 5.26 Å². The van der Waals surface area contributed by atoms with Crippen molar-refractivity contribution in [3.8, 4) is 6.07 Å². The molecule has 1 aliphatic carbocycles. The summed E-state index contributed by atoms with van der Waals surface area (Å²) >= 11 is 0. The summed E-state index contributed by atoms with van der Waals surface area (Å²) in [7, 11) is 0. The lowest BCUT2D eigenvalue weighted by molar-refractivity contribution is 0.483. The minimum absolute atomic E-state index is 0.226. The Morgan fingerprint density at radius 1 is 1.67 bits per heavy atom. The quantitative estimate of drug-likeness (QED) is 0.646. The average molecular weight is 164 g/mol. The van der Waals surface area contributed by atoms with E-state index in [4.69, 9.17) is 5.26 Å². The molecule has 0 aliphatic heterocycles. The molecule has 1 aliphatic rings. The predicted molar refractivity (Wildman–Crippen MR) is 49.6 cm³/mol. The van der Waals surface area contributed by atoms with Crippen LogP contribution in [0.25, 0.3) is 0 Å². The van der Waals surface area contributed by atoms with E-state index in [1.807, 2.05) is 6.92 Å². The Balaban J connectivity index is 2.32. The maximum atomic E-state index is 8.79. The molecule has 0 bridgehead atoms. The highest BCUT2D eigenvalue weighted by molar-refractivity contribution is 4.99. The van der Waals surface area contributed by atoms with Crippen molar-refractivity contribution in [2.24, 2.45) is 5.92 Å². The molecule has 0 saturated heterocycles. The normalized spacial score (nSPS) is 28.3. The van der Waals surface area contributed by atoms with Gasteiger partial charge < -0.3 is 5.32 Å². The molecule has 0 aromatic carbocycles. The van der Waals surface area contributed by atoms with Crippen molar-refractivity contribution in [2.75, 3.05) is 6.54 Å². The van der Waals surface area contributed by atoms with Gasteiger partial charge in [-0.1, -0.05) is 18.6 Å². The summed E-state index contributed by atoms with van der Waals surface area (Å²) in [6, 6.07) is 2.75. The number of hydrogen-bond donors (Lipinski definition) is 1. The smallest absolute Gasteiger partial charge is 0.0672 e. The first-order valence-corrected chi connectivity index (χ1v) is 4.51. The summed E-state index contributed by atoms with van der Waals surface area (Å²) < 4.78 is 0. The summed E-state index contributed by atoms with van der Waals surface area (Å²) in [6.45, 7) is 6.67. The van der Waals surface area contributed by atoms with Crippen LogP contribution < -0.4 is 5.32 Å². The molecule has 0 heterocycles. The van der Waals surface area contributed by atoms with Crippen molar-refractivity contribution in [3.05, 3.63) is 12.2 Å². The molecule has 1 fully saturated rings. The van der Waals surface area contributed by atoms with Crippen LogP contribution in [0.2, 0.25) is 0 Å². The second kappa shape index (κ2) is 4.27. The summed E-state index contributed by atoms with van der Waals surface area (Å²) in [5, 5.41) is 12.1. The minimum atomic E-state index is 0.226. The van der Waals surface area contributed by atoms with E-state index in [-0.39, 0.29) is 5.92 Å². The van der Waals surface area contributed by atoms with Gasteiger partial charge in [-0.25, -0.2) is 0 Å².